The van der Waals surface area contributed by atoms with Gasteiger partial charge < -0.3 is 10.1 Å². The molecular formula is C19H19FN4O2. The molecule has 0 spiro atoms. The van der Waals surface area contributed by atoms with Gasteiger partial charge in [0.25, 0.3) is 5.91 Å². The van der Waals surface area contributed by atoms with E-state index in [1.54, 1.807) is 41.2 Å². The van der Waals surface area contributed by atoms with Crippen molar-refractivity contribution in [3.63, 3.8) is 0 Å². The summed E-state index contributed by atoms with van der Waals surface area (Å²) in [5.74, 6) is -0.140. The summed E-state index contributed by atoms with van der Waals surface area (Å²) in [6, 6.07) is 11.4. The molecule has 0 aliphatic carbocycles. The Balaban J connectivity index is 1.63. The number of nitrogens with zero attached hydrogens (tertiary/aromatic N) is 3. The lowest BCUT2D eigenvalue weighted by Crippen LogP contribution is -2.28. The van der Waals surface area contributed by atoms with Crippen LogP contribution in [0.15, 0.2) is 48.7 Å². The number of hydrogen-bond acceptors (Lipinski definition) is 4. The van der Waals surface area contributed by atoms with Gasteiger partial charge in [-0.2, -0.15) is 5.10 Å². The molecule has 0 atom stereocenters. The molecule has 134 valence electrons. The summed E-state index contributed by atoms with van der Waals surface area (Å²) in [5.41, 5.74) is 3.38. The van der Waals surface area contributed by atoms with E-state index in [4.69, 9.17) is 4.74 Å². The topological polar surface area (TPSA) is 69.0 Å². The summed E-state index contributed by atoms with van der Waals surface area (Å²) in [6.45, 7) is 4.01. The third-order valence-corrected chi connectivity index (χ3v) is 3.96. The summed E-state index contributed by atoms with van der Waals surface area (Å²) >= 11 is 0. The van der Waals surface area contributed by atoms with Crippen LogP contribution in [0.2, 0.25) is 0 Å². The average Bonchev–Trinajstić information content (AvgIpc) is 2.94. The first-order valence-electron chi connectivity index (χ1n) is 8.16. The van der Waals surface area contributed by atoms with Gasteiger partial charge in [0, 0.05) is 30.1 Å². The van der Waals surface area contributed by atoms with Gasteiger partial charge in [0.15, 0.2) is 6.61 Å². The Hall–Kier alpha value is -3.22. The first-order chi connectivity index (χ1) is 12.5. The van der Waals surface area contributed by atoms with Gasteiger partial charge in [0.1, 0.15) is 5.82 Å². The van der Waals surface area contributed by atoms with Crippen LogP contribution in [0.5, 0.6) is 5.88 Å². The highest BCUT2D eigenvalue weighted by atomic mass is 19.1. The number of hydrogen-bond donors (Lipinski definition) is 1. The predicted octanol–water partition coefficient (Wildman–Crippen LogP) is 2.72. The minimum Gasteiger partial charge on any atom is -0.468 e. The number of rotatable bonds is 6. The molecule has 0 unspecified atom stereocenters. The molecule has 6 nitrogen and oxygen atoms in total. The highest BCUT2D eigenvalue weighted by molar-refractivity contribution is 5.77. The largest absolute Gasteiger partial charge is 0.468 e. The quantitative estimate of drug-likeness (QED) is 0.739. The van der Waals surface area contributed by atoms with Crippen molar-refractivity contribution in [3.8, 4) is 11.6 Å². The highest BCUT2D eigenvalue weighted by Gasteiger charge is 2.14. The monoisotopic (exact) mass is 354 g/mol. The first kappa shape index (κ1) is 17.6. The molecule has 2 heterocycles. The fourth-order valence-corrected chi connectivity index (χ4v) is 2.57. The molecule has 0 radical (unpaired) electrons. The van der Waals surface area contributed by atoms with Crippen molar-refractivity contribution in [2.24, 2.45) is 0 Å². The molecule has 1 N–H and O–H groups in total. The fourth-order valence-electron chi connectivity index (χ4n) is 2.57. The van der Waals surface area contributed by atoms with Crippen molar-refractivity contribution in [3.05, 3.63) is 71.4 Å². The van der Waals surface area contributed by atoms with Crippen molar-refractivity contribution in [1.82, 2.24) is 20.1 Å². The van der Waals surface area contributed by atoms with E-state index < -0.39 is 0 Å². The first-order valence-corrected chi connectivity index (χ1v) is 8.16. The van der Waals surface area contributed by atoms with Gasteiger partial charge in [-0.3, -0.25) is 4.79 Å². The third kappa shape index (κ3) is 4.05. The zero-order chi connectivity index (χ0) is 18.5. The number of aryl methyl sites for hydroxylation is 1. The molecule has 3 aromatic rings. The number of pyridine rings is 1. The predicted molar refractivity (Wildman–Crippen MR) is 94.6 cm³/mol. The van der Waals surface area contributed by atoms with Gasteiger partial charge in [-0.05, 0) is 44.2 Å². The van der Waals surface area contributed by atoms with Crippen LogP contribution in [-0.4, -0.2) is 27.3 Å². The van der Waals surface area contributed by atoms with Crippen LogP contribution in [0.4, 0.5) is 4.39 Å². The van der Waals surface area contributed by atoms with Crippen molar-refractivity contribution in [2.45, 2.75) is 20.4 Å². The van der Waals surface area contributed by atoms with Crippen molar-refractivity contribution >= 4 is 5.91 Å². The Morgan fingerprint density at radius 1 is 1.19 bits per heavy atom. The van der Waals surface area contributed by atoms with Crippen LogP contribution in [-0.2, 0) is 11.3 Å². The summed E-state index contributed by atoms with van der Waals surface area (Å²) in [6.07, 6.45) is 1.60. The molecule has 26 heavy (non-hydrogen) atoms. The number of amides is 1. The van der Waals surface area contributed by atoms with Crippen LogP contribution in [0, 0.1) is 19.7 Å². The van der Waals surface area contributed by atoms with E-state index in [1.807, 2.05) is 13.8 Å². The van der Waals surface area contributed by atoms with Crippen molar-refractivity contribution in [1.29, 1.82) is 0 Å². The molecule has 3 rings (SSSR count). The number of benzene rings is 1. The van der Waals surface area contributed by atoms with E-state index in [0.29, 0.717) is 12.4 Å². The van der Waals surface area contributed by atoms with Gasteiger partial charge >= 0.3 is 0 Å². The summed E-state index contributed by atoms with van der Waals surface area (Å²) in [7, 11) is 0. The molecule has 2 aromatic heterocycles. The number of aromatic nitrogens is 3. The number of carbonyl (C=O) groups is 1. The Bertz CT molecular complexity index is 892. The Labute approximate surface area is 150 Å². The second-order valence-electron chi connectivity index (χ2n) is 5.77. The van der Waals surface area contributed by atoms with Gasteiger partial charge in [-0.15, -0.1) is 0 Å². The molecule has 0 saturated heterocycles. The van der Waals surface area contributed by atoms with Crippen molar-refractivity contribution < 1.29 is 13.9 Å². The molecule has 0 fully saturated rings. The van der Waals surface area contributed by atoms with Gasteiger partial charge in [-0.1, -0.05) is 6.07 Å². The third-order valence-electron chi connectivity index (χ3n) is 3.96. The van der Waals surface area contributed by atoms with E-state index in [9.17, 15) is 9.18 Å². The number of halogens is 1. The van der Waals surface area contributed by atoms with Crippen LogP contribution >= 0.6 is 0 Å². The van der Waals surface area contributed by atoms with E-state index in [2.05, 4.69) is 15.4 Å². The number of ether oxygens (including phenoxy) is 1. The summed E-state index contributed by atoms with van der Waals surface area (Å²) in [5, 5.41) is 7.30. The van der Waals surface area contributed by atoms with E-state index in [0.717, 1.165) is 22.6 Å². The Morgan fingerprint density at radius 3 is 2.65 bits per heavy atom. The van der Waals surface area contributed by atoms with Gasteiger partial charge in [0.2, 0.25) is 5.88 Å². The maximum Gasteiger partial charge on any atom is 0.258 e. The van der Waals surface area contributed by atoms with Crippen LogP contribution in [0.25, 0.3) is 5.69 Å². The lowest BCUT2D eigenvalue weighted by Gasteiger charge is -2.08. The number of nitrogens with one attached hydrogen (secondary N) is 1. The zero-order valence-electron chi connectivity index (χ0n) is 14.6. The minimum atomic E-state index is -0.296. The molecule has 0 saturated carbocycles. The van der Waals surface area contributed by atoms with E-state index in [-0.39, 0.29) is 18.3 Å². The number of carbonyl (C=O) groups excluding carboxylic acids is 1. The van der Waals surface area contributed by atoms with E-state index >= 15 is 0 Å². The Morgan fingerprint density at radius 2 is 1.96 bits per heavy atom. The maximum absolute atomic E-state index is 13.1. The lowest BCUT2D eigenvalue weighted by molar-refractivity contribution is -0.123. The SMILES string of the molecule is Cc1nn(-c2ccc(F)cc2)c(C)c1CNC(=O)COc1ccccn1. The molecule has 1 aromatic carbocycles. The second kappa shape index (κ2) is 7.77. The fraction of sp³-hybridized carbons (Fsp3) is 0.211. The second-order valence-corrected chi connectivity index (χ2v) is 5.77. The standard InChI is InChI=1S/C19H19FN4O2/c1-13-17(11-22-18(25)12-26-19-5-3-4-10-21-19)14(2)24(23-13)16-8-6-15(20)7-9-16/h3-10H,11-12H2,1-2H3,(H,22,25). The molecule has 0 bridgehead atoms. The maximum atomic E-state index is 13.1. The molecule has 0 aliphatic rings. The van der Waals surface area contributed by atoms with Gasteiger partial charge in [-0.25, -0.2) is 14.1 Å². The average molecular weight is 354 g/mol. The highest BCUT2D eigenvalue weighted by Crippen LogP contribution is 2.18. The van der Waals surface area contributed by atoms with Crippen molar-refractivity contribution in [2.75, 3.05) is 6.61 Å². The molecule has 0 aliphatic heterocycles. The lowest BCUT2D eigenvalue weighted by atomic mass is 10.2. The van der Waals surface area contributed by atoms with Crippen LogP contribution < -0.4 is 10.1 Å². The normalized spacial score (nSPS) is 10.6. The Kier molecular flexibility index (Phi) is 5.26. The minimum absolute atomic E-state index is 0.110. The van der Waals surface area contributed by atoms with Gasteiger partial charge in [0.05, 0.1) is 11.4 Å². The summed E-state index contributed by atoms with van der Waals surface area (Å²) in [4.78, 5) is 16.0. The van der Waals surface area contributed by atoms with Crippen LogP contribution in [0.1, 0.15) is 17.0 Å². The zero-order valence-corrected chi connectivity index (χ0v) is 14.6. The molecule has 7 heteroatoms. The van der Waals surface area contributed by atoms with E-state index in [1.165, 1.54) is 12.1 Å². The molecular weight excluding hydrogens is 335 g/mol. The summed E-state index contributed by atoms with van der Waals surface area (Å²) < 4.78 is 20.2. The van der Waals surface area contributed by atoms with Crippen LogP contribution in [0.3, 0.4) is 0 Å². The molecule has 1 amide bonds. The smallest absolute Gasteiger partial charge is 0.258 e.